The Hall–Kier alpha value is -2.54. The van der Waals surface area contributed by atoms with Crippen molar-refractivity contribution in [2.45, 2.75) is 25.3 Å². The van der Waals surface area contributed by atoms with Crippen LogP contribution in [0.2, 0.25) is 0 Å². The molecule has 0 radical (unpaired) electrons. The summed E-state index contributed by atoms with van der Waals surface area (Å²) in [6.45, 7) is 1.04. The van der Waals surface area contributed by atoms with Crippen molar-refractivity contribution in [1.29, 1.82) is 0 Å². The summed E-state index contributed by atoms with van der Waals surface area (Å²) in [4.78, 5) is 27.3. The van der Waals surface area contributed by atoms with Crippen LogP contribution in [0, 0.1) is 0 Å². The van der Waals surface area contributed by atoms with Crippen LogP contribution >= 0.6 is 11.3 Å². The third kappa shape index (κ3) is 4.42. The second kappa shape index (κ2) is 8.90. The molecule has 1 aliphatic heterocycles. The van der Waals surface area contributed by atoms with Crippen molar-refractivity contribution in [2.24, 2.45) is 0 Å². The zero-order chi connectivity index (χ0) is 19.2. The molecule has 6 nitrogen and oxygen atoms in total. The number of ether oxygens (including phenoxy) is 2. The van der Waals surface area contributed by atoms with Crippen molar-refractivity contribution in [1.82, 2.24) is 10.2 Å². The van der Waals surface area contributed by atoms with E-state index >= 15 is 0 Å². The van der Waals surface area contributed by atoms with Gasteiger partial charge in [0, 0.05) is 25.1 Å². The van der Waals surface area contributed by atoms with Crippen LogP contribution in [-0.4, -0.2) is 44.0 Å². The summed E-state index contributed by atoms with van der Waals surface area (Å²) in [6, 6.07) is 9.23. The fourth-order valence-electron chi connectivity index (χ4n) is 3.41. The fourth-order valence-corrected chi connectivity index (χ4v) is 4.05. The molecule has 1 N–H and O–H groups in total. The first-order chi connectivity index (χ1) is 13.1. The van der Waals surface area contributed by atoms with Crippen LogP contribution in [0.15, 0.2) is 35.7 Å². The molecule has 1 aromatic heterocycles. The molecule has 2 heterocycles. The van der Waals surface area contributed by atoms with Crippen molar-refractivity contribution in [3.05, 3.63) is 46.2 Å². The Balaban J connectivity index is 1.64. The number of rotatable bonds is 7. The smallest absolute Gasteiger partial charge is 0.261 e. The summed E-state index contributed by atoms with van der Waals surface area (Å²) in [5.74, 6) is 1.40. The van der Waals surface area contributed by atoms with E-state index in [1.807, 2.05) is 34.5 Å². The summed E-state index contributed by atoms with van der Waals surface area (Å²) in [7, 11) is 3.26. The first-order valence-electron chi connectivity index (χ1n) is 8.97. The number of hydrogen-bond acceptors (Lipinski definition) is 5. The molecular weight excluding hydrogens is 364 g/mol. The highest BCUT2D eigenvalue weighted by Gasteiger charge is 2.31. The van der Waals surface area contributed by atoms with Gasteiger partial charge in [0.1, 0.15) is 11.5 Å². The van der Waals surface area contributed by atoms with Gasteiger partial charge in [0.2, 0.25) is 5.91 Å². The minimum absolute atomic E-state index is 0.0319. The third-order valence-corrected chi connectivity index (χ3v) is 5.61. The third-order valence-electron chi connectivity index (χ3n) is 4.74. The summed E-state index contributed by atoms with van der Waals surface area (Å²) in [5, 5.41) is 4.67. The lowest BCUT2D eigenvalue weighted by Gasteiger charge is -2.27. The molecule has 1 saturated heterocycles. The van der Waals surface area contributed by atoms with E-state index in [2.05, 4.69) is 5.32 Å². The van der Waals surface area contributed by atoms with Crippen LogP contribution in [0.1, 0.15) is 40.5 Å². The number of nitrogens with zero attached hydrogens (tertiary/aromatic N) is 1. The van der Waals surface area contributed by atoms with E-state index in [0.717, 1.165) is 29.9 Å². The molecular formula is C20H24N2O4S. The maximum absolute atomic E-state index is 12.8. The van der Waals surface area contributed by atoms with Gasteiger partial charge in [0.15, 0.2) is 0 Å². The lowest BCUT2D eigenvalue weighted by molar-refractivity contribution is -0.132. The number of methoxy groups -OCH3 is 2. The molecule has 0 saturated carbocycles. The first kappa shape index (κ1) is 19.2. The molecule has 0 bridgehead atoms. The van der Waals surface area contributed by atoms with Crippen LogP contribution in [0.4, 0.5) is 0 Å². The van der Waals surface area contributed by atoms with Gasteiger partial charge in [-0.15, -0.1) is 11.3 Å². The Morgan fingerprint density at radius 3 is 2.81 bits per heavy atom. The molecule has 0 spiro atoms. The maximum atomic E-state index is 12.8. The summed E-state index contributed by atoms with van der Waals surface area (Å²) in [6.07, 6.45) is 2.11. The molecule has 1 unspecified atom stereocenters. The number of carbonyl (C=O) groups is 2. The minimum Gasteiger partial charge on any atom is -0.497 e. The molecule has 1 aliphatic rings. The topological polar surface area (TPSA) is 67.9 Å². The van der Waals surface area contributed by atoms with Gasteiger partial charge in [-0.05, 0) is 42.5 Å². The quantitative estimate of drug-likeness (QED) is 0.791. The average Bonchev–Trinajstić information content (AvgIpc) is 3.39. The second-order valence-corrected chi connectivity index (χ2v) is 7.28. The highest BCUT2D eigenvalue weighted by Crippen LogP contribution is 2.39. The van der Waals surface area contributed by atoms with Gasteiger partial charge in [-0.3, -0.25) is 9.59 Å². The van der Waals surface area contributed by atoms with Crippen molar-refractivity contribution < 1.29 is 19.1 Å². The van der Waals surface area contributed by atoms with E-state index in [4.69, 9.17) is 9.47 Å². The van der Waals surface area contributed by atoms with E-state index in [0.29, 0.717) is 18.0 Å². The zero-order valence-corrected chi connectivity index (χ0v) is 16.4. The van der Waals surface area contributed by atoms with Gasteiger partial charge in [-0.2, -0.15) is 0 Å². The lowest BCUT2D eigenvalue weighted by Crippen LogP contribution is -2.34. The minimum atomic E-state index is -0.134. The van der Waals surface area contributed by atoms with Crippen molar-refractivity contribution >= 4 is 23.2 Å². The highest BCUT2D eigenvalue weighted by atomic mass is 32.1. The normalized spacial score (nSPS) is 16.2. The van der Waals surface area contributed by atoms with Gasteiger partial charge >= 0.3 is 0 Å². The standard InChI is InChI=1S/C20H24N2O4S/c1-25-14-7-8-17(26-2)15(13-14)16-5-3-11-22(16)19(23)9-10-21-20(24)18-6-4-12-27-18/h4,6-8,12-13,16H,3,5,9-11H2,1-2H3,(H,21,24). The number of likely N-dealkylation sites (tertiary alicyclic amines) is 1. The predicted molar refractivity (Wildman–Crippen MR) is 105 cm³/mol. The predicted octanol–water partition coefficient (Wildman–Crippen LogP) is 3.25. The number of nitrogens with one attached hydrogen (secondary N) is 1. The van der Waals surface area contributed by atoms with E-state index in [1.54, 1.807) is 20.3 Å². The Morgan fingerprint density at radius 1 is 1.26 bits per heavy atom. The van der Waals surface area contributed by atoms with E-state index in [9.17, 15) is 9.59 Å². The molecule has 7 heteroatoms. The monoisotopic (exact) mass is 388 g/mol. The van der Waals surface area contributed by atoms with Crippen LogP contribution in [0.5, 0.6) is 11.5 Å². The van der Waals surface area contributed by atoms with Gasteiger partial charge in [0.05, 0.1) is 25.1 Å². The number of hydrogen-bond donors (Lipinski definition) is 1. The van der Waals surface area contributed by atoms with Gasteiger partial charge < -0.3 is 19.7 Å². The second-order valence-electron chi connectivity index (χ2n) is 6.34. The number of carbonyl (C=O) groups excluding carboxylic acids is 2. The fraction of sp³-hybridized carbons (Fsp3) is 0.400. The molecule has 1 fully saturated rings. The largest absolute Gasteiger partial charge is 0.497 e. The Bertz CT molecular complexity index is 791. The Labute approximate surface area is 163 Å². The highest BCUT2D eigenvalue weighted by molar-refractivity contribution is 7.12. The first-order valence-corrected chi connectivity index (χ1v) is 9.85. The Kier molecular flexibility index (Phi) is 6.34. The zero-order valence-electron chi connectivity index (χ0n) is 15.6. The lowest BCUT2D eigenvalue weighted by atomic mass is 10.0. The molecule has 27 heavy (non-hydrogen) atoms. The van der Waals surface area contributed by atoms with Crippen LogP contribution in [-0.2, 0) is 4.79 Å². The van der Waals surface area contributed by atoms with Gasteiger partial charge in [-0.25, -0.2) is 0 Å². The maximum Gasteiger partial charge on any atom is 0.261 e. The van der Waals surface area contributed by atoms with Crippen LogP contribution in [0.25, 0.3) is 0 Å². The molecule has 1 aromatic carbocycles. The Morgan fingerprint density at radius 2 is 2.11 bits per heavy atom. The van der Waals surface area contributed by atoms with Crippen molar-refractivity contribution in [2.75, 3.05) is 27.3 Å². The molecule has 2 amide bonds. The van der Waals surface area contributed by atoms with Crippen molar-refractivity contribution in [3.8, 4) is 11.5 Å². The summed E-state index contributed by atoms with van der Waals surface area (Å²) >= 11 is 1.39. The van der Waals surface area contributed by atoms with E-state index in [1.165, 1.54) is 11.3 Å². The van der Waals surface area contributed by atoms with E-state index < -0.39 is 0 Å². The van der Waals surface area contributed by atoms with Crippen molar-refractivity contribution in [3.63, 3.8) is 0 Å². The molecule has 144 valence electrons. The number of amides is 2. The number of thiophene rings is 1. The van der Waals surface area contributed by atoms with Crippen LogP contribution < -0.4 is 14.8 Å². The van der Waals surface area contributed by atoms with E-state index in [-0.39, 0.29) is 24.3 Å². The van der Waals surface area contributed by atoms with Gasteiger partial charge in [-0.1, -0.05) is 6.07 Å². The SMILES string of the molecule is COc1ccc(OC)c(C2CCCN2C(=O)CCNC(=O)c2cccs2)c1. The summed E-state index contributed by atoms with van der Waals surface area (Å²) < 4.78 is 10.8. The molecule has 3 rings (SSSR count). The summed E-state index contributed by atoms with van der Waals surface area (Å²) in [5.41, 5.74) is 0.963. The van der Waals surface area contributed by atoms with Crippen LogP contribution in [0.3, 0.4) is 0 Å². The van der Waals surface area contributed by atoms with Gasteiger partial charge in [0.25, 0.3) is 5.91 Å². The number of benzene rings is 1. The molecule has 1 atom stereocenters. The molecule has 0 aliphatic carbocycles. The average molecular weight is 388 g/mol. The molecule has 2 aromatic rings.